The molecule has 5 nitrogen and oxygen atoms in total. The van der Waals surface area contributed by atoms with Gasteiger partial charge in [-0.2, -0.15) is 0 Å². The largest absolute Gasteiger partial charge is 0.379 e. The first-order valence-electron chi connectivity index (χ1n) is 6.37. The molecule has 1 fully saturated rings. The Labute approximate surface area is 120 Å². The van der Waals surface area contributed by atoms with Crippen LogP contribution in [0.5, 0.6) is 0 Å². The molecule has 1 aromatic heterocycles. The van der Waals surface area contributed by atoms with Crippen LogP contribution in [0.2, 0.25) is 0 Å². The van der Waals surface area contributed by atoms with E-state index < -0.39 is 0 Å². The second kappa shape index (κ2) is 6.00. The Hall–Kier alpha value is -0.950. The molecule has 3 rings (SSSR count). The molecule has 0 aliphatic carbocycles. The molecule has 6 heteroatoms. The Morgan fingerprint density at radius 1 is 1.37 bits per heavy atom. The van der Waals surface area contributed by atoms with E-state index in [2.05, 4.69) is 37.4 Å². The van der Waals surface area contributed by atoms with Gasteiger partial charge in [0.05, 0.1) is 24.6 Å². The molecular formula is C13H16BrN3O2. The fourth-order valence-electron chi connectivity index (χ4n) is 2.19. The van der Waals surface area contributed by atoms with Gasteiger partial charge in [0.25, 0.3) is 0 Å². The predicted molar refractivity (Wildman–Crippen MR) is 75.2 cm³/mol. The molecule has 102 valence electrons. The highest BCUT2D eigenvalue weighted by atomic mass is 79.9. The zero-order valence-electron chi connectivity index (χ0n) is 10.5. The fourth-order valence-corrected chi connectivity index (χ4v) is 2.43. The van der Waals surface area contributed by atoms with Crippen molar-refractivity contribution in [2.45, 2.75) is 6.10 Å². The summed E-state index contributed by atoms with van der Waals surface area (Å²) in [5.41, 5.74) is 4.79. The van der Waals surface area contributed by atoms with Crippen molar-refractivity contribution >= 4 is 21.6 Å². The number of rotatable bonds is 3. The van der Waals surface area contributed by atoms with Crippen molar-refractivity contribution in [2.75, 3.05) is 32.8 Å². The van der Waals surface area contributed by atoms with Crippen LogP contribution in [0.25, 0.3) is 5.70 Å². The van der Waals surface area contributed by atoms with E-state index in [1.54, 1.807) is 6.20 Å². The average Bonchev–Trinajstić information content (AvgIpc) is 2.89. The molecule has 1 N–H and O–H groups in total. The van der Waals surface area contributed by atoms with Crippen LogP contribution in [0.4, 0.5) is 0 Å². The van der Waals surface area contributed by atoms with Crippen LogP contribution in [0.3, 0.4) is 0 Å². The fraction of sp³-hybridized carbons (Fsp3) is 0.462. The van der Waals surface area contributed by atoms with Crippen molar-refractivity contribution in [3.05, 3.63) is 34.6 Å². The molecule has 19 heavy (non-hydrogen) atoms. The minimum Gasteiger partial charge on any atom is -0.379 e. The molecule has 3 heterocycles. The number of ether oxygens (including phenoxy) is 1. The average molecular weight is 326 g/mol. The molecular weight excluding hydrogens is 310 g/mol. The van der Waals surface area contributed by atoms with Gasteiger partial charge in [-0.1, -0.05) is 0 Å². The third-order valence-electron chi connectivity index (χ3n) is 3.22. The van der Waals surface area contributed by atoms with Gasteiger partial charge in [0, 0.05) is 30.3 Å². The summed E-state index contributed by atoms with van der Waals surface area (Å²) in [5.74, 6) is 0. The number of aromatic nitrogens is 1. The van der Waals surface area contributed by atoms with Crippen LogP contribution in [-0.2, 0) is 9.57 Å². The van der Waals surface area contributed by atoms with Crippen molar-refractivity contribution in [3.63, 3.8) is 0 Å². The lowest BCUT2D eigenvalue weighted by Crippen LogP contribution is -2.40. The van der Waals surface area contributed by atoms with Crippen molar-refractivity contribution in [1.29, 1.82) is 0 Å². The third-order valence-corrected chi connectivity index (χ3v) is 3.69. The normalized spacial score (nSPS) is 24.1. The summed E-state index contributed by atoms with van der Waals surface area (Å²) in [6.07, 6.45) is 3.94. The minimum absolute atomic E-state index is 0.0681. The topological polar surface area (TPSA) is 46.6 Å². The summed E-state index contributed by atoms with van der Waals surface area (Å²) in [5, 5.41) is 0. The summed E-state index contributed by atoms with van der Waals surface area (Å²) in [4.78, 5) is 12.3. The van der Waals surface area contributed by atoms with Gasteiger partial charge in [0.1, 0.15) is 6.10 Å². The predicted octanol–water partition coefficient (Wildman–Crippen LogP) is 1.42. The molecule has 1 atom stereocenters. The first-order valence-corrected chi connectivity index (χ1v) is 7.16. The molecule has 1 aromatic rings. The molecule has 0 spiro atoms. The number of nitrogens with one attached hydrogen (secondary N) is 1. The first kappa shape index (κ1) is 13.1. The Bertz CT molecular complexity index is 457. The molecule has 1 unspecified atom stereocenters. The van der Waals surface area contributed by atoms with E-state index in [4.69, 9.17) is 9.57 Å². The van der Waals surface area contributed by atoms with Gasteiger partial charge in [-0.3, -0.25) is 20.2 Å². The second-order valence-electron chi connectivity index (χ2n) is 4.61. The van der Waals surface area contributed by atoms with Crippen molar-refractivity contribution in [3.8, 4) is 0 Å². The summed E-state index contributed by atoms with van der Waals surface area (Å²) in [6.45, 7) is 4.45. The highest BCUT2D eigenvalue weighted by molar-refractivity contribution is 9.10. The molecule has 1 saturated heterocycles. The van der Waals surface area contributed by atoms with E-state index >= 15 is 0 Å². The summed E-state index contributed by atoms with van der Waals surface area (Å²) < 4.78 is 6.31. The van der Waals surface area contributed by atoms with Crippen LogP contribution in [0, 0.1) is 0 Å². The summed E-state index contributed by atoms with van der Waals surface area (Å²) in [6, 6.07) is 3.93. The van der Waals surface area contributed by atoms with Gasteiger partial charge >= 0.3 is 0 Å². The van der Waals surface area contributed by atoms with Gasteiger partial charge in [-0.25, -0.2) is 0 Å². The maximum Gasteiger partial charge on any atom is 0.119 e. The Balaban J connectivity index is 1.62. The van der Waals surface area contributed by atoms with Crippen LogP contribution in [0.15, 0.2) is 28.9 Å². The molecule has 0 bridgehead atoms. The highest BCUT2D eigenvalue weighted by Gasteiger charge is 2.22. The minimum atomic E-state index is 0.0681. The maximum atomic E-state index is 5.58. The van der Waals surface area contributed by atoms with E-state index in [1.807, 2.05) is 12.1 Å². The molecule has 0 aromatic carbocycles. The standard InChI is InChI=1S/C13H16BrN3O2/c14-10-1-2-12(15-8-10)13-7-11(19-16-13)9-17-3-5-18-6-4-17/h1-2,7-8,11,16H,3-6,9H2. The number of hydrogen-bond acceptors (Lipinski definition) is 5. The number of hydrogen-bond donors (Lipinski definition) is 1. The van der Waals surface area contributed by atoms with Crippen molar-refractivity contribution < 1.29 is 9.57 Å². The molecule has 0 saturated carbocycles. The lowest BCUT2D eigenvalue weighted by molar-refractivity contribution is -0.00802. The first-order chi connectivity index (χ1) is 9.31. The van der Waals surface area contributed by atoms with Crippen LogP contribution in [0.1, 0.15) is 5.69 Å². The summed E-state index contributed by atoms with van der Waals surface area (Å²) >= 11 is 3.38. The van der Waals surface area contributed by atoms with E-state index in [-0.39, 0.29) is 6.10 Å². The van der Waals surface area contributed by atoms with Gasteiger partial charge in [0.2, 0.25) is 0 Å². The Kier molecular flexibility index (Phi) is 4.12. The number of morpholine rings is 1. The zero-order chi connectivity index (χ0) is 13.1. The SMILES string of the molecule is Brc1ccc(C2=CC(CN3CCOCC3)ON2)nc1. The van der Waals surface area contributed by atoms with E-state index in [0.717, 1.165) is 48.7 Å². The number of nitrogens with zero attached hydrogens (tertiary/aromatic N) is 2. The summed E-state index contributed by atoms with van der Waals surface area (Å²) in [7, 11) is 0. The van der Waals surface area contributed by atoms with Gasteiger partial charge in [0.15, 0.2) is 0 Å². The lowest BCUT2D eigenvalue weighted by atomic mass is 10.2. The smallest absolute Gasteiger partial charge is 0.119 e. The molecule has 0 amide bonds. The second-order valence-corrected chi connectivity index (χ2v) is 5.53. The molecule has 2 aliphatic heterocycles. The monoisotopic (exact) mass is 325 g/mol. The Morgan fingerprint density at radius 3 is 2.95 bits per heavy atom. The zero-order valence-corrected chi connectivity index (χ0v) is 12.1. The van der Waals surface area contributed by atoms with Gasteiger partial charge in [-0.05, 0) is 34.1 Å². The molecule has 0 radical (unpaired) electrons. The van der Waals surface area contributed by atoms with E-state index in [9.17, 15) is 0 Å². The van der Waals surface area contributed by atoms with Gasteiger partial charge in [-0.15, -0.1) is 0 Å². The van der Waals surface area contributed by atoms with Crippen molar-refractivity contribution in [2.24, 2.45) is 0 Å². The Morgan fingerprint density at radius 2 is 2.21 bits per heavy atom. The quantitative estimate of drug-likeness (QED) is 0.910. The van der Waals surface area contributed by atoms with E-state index in [0.29, 0.717) is 0 Å². The van der Waals surface area contributed by atoms with Crippen LogP contribution in [-0.4, -0.2) is 48.8 Å². The highest BCUT2D eigenvalue weighted by Crippen LogP contribution is 2.19. The van der Waals surface area contributed by atoms with E-state index in [1.165, 1.54) is 0 Å². The third kappa shape index (κ3) is 3.33. The van der Waals surface area contributed by atoms with Crippen LogP contribution >= 0.6 is 15.9 Å². The van der Waals surface area contributed by atoms with Gasteiger partial charge < -0.3 is 4.74 Å². The maximum absolute atomic E-state index is 5.58. The van der Waals surface area contributed by atoms with Crippen LogP contribution < -0.4 is 5.48 Å². The number of pyridine rings is 1. The van der Waals surface area contributed by atoms with Crippen molar-refractivity contribution in [1.82, 2.24) is 15.4 Å². The number of hydroxylamine groups is 1. The molecule has 2 aliphatic rings. The lowest BCUT2D eigenvalue weighted by Gasteiger charge is -2.27. The number of halogens is 1.